The third-order valence-corrected chi connectivity index (χ3v) is 6.30. The topological polar surface area (TPSA) is 65.0 Å². The Morgan fingerprint density at radius 1 is 1.29 bits per heavy atom. The summed E-state index contributed by atoms with van der Waals surface area (Å²) in [7, 11) is 3.61. The van der Waals surface area contributed by atoms with Crippen molar-refractivity contribution in [2.24, 2.45) is 4.99 Å². The Kier molecular flexibility index (Phi) is 10.8. The van der Waals surface area contributed by atoms with Crippen LogP contribution >= 0.6 is 35.3 Å². The number of guanidine groups is 1. The van der Waals surface area contributed by atoms with Crippen LogP contribution in [0.2, 0.25) is 0 Å². The Bertz CT molecular complexity index is 585. The number of thiazole rings is 1. The summed E-state index contributed by atoms with van der Waals surface area (Å²) in [5.41, 5.74) is 1.18. The zero-order valence-corrected chi connectivity index (χ0v) is 20.3. The van der Waals surface area contributed by atoms with E-state index in [9.17, 15) is 0 Å². The number of halogens is 1. The number of rotatable bonds is 8. The minimum atomic E-state index is 0. The Morgan fingerprint density at radius 3 is 2.71 bits per heavy atom. The zero-order chi connectivity index (χ0) is 18.9. The van der Waals surface area contributed by atoms with E-state index < -0.39 is 0 Å². The molecule has 2 aliphatic rings. The molecule has 160 valence electrons. The quantitative estimate of drug-likeness (QED) is 0.310. The summed E-state index contributed by atoms with van der Waals surface area (Å²) < 4.78 is 5.17. The molecular weight excluding hydrogens is 487 g/mol. The van der Waals surface area contributed by atoms with E-state index in [4.69, 9.17) is 9.72 Å². The number of piperidine rings is 1. The Hall–Kier alpha value is -0.650. The molecule has 0 saturated carbocycles. The fraction of sp³-hybridized carbons (Fsp3) is 0.789. The fourth-order valence-corrected chi connectivity index (χ4v) is 4.60. The monoisotopic (exact) mass is 522 g/mol. The van der Waals surface area contributed by atoms with E-state index in [1.165, 1.54) is 23.7 Å². The molecule has 0 bridgehead atoms. The van der Waals surface area contributed by atoms with Gasteiger partial charge in [0.05, 0.1) is 12.3 Å². The van der Waals surface area contributed by atoms with Gasteiger partial charge in [0.15, 0.2) is 11.1 Å². The summed E-state index contributed by atoms with van der Waals surface area (Å²) in [5, 5.41) is 10.4. The van der Waals surface area contributed by atoms with Gasteiger partial charge in [-0.25, -0.2) is 4.98 Å². The van der Waals surface area contributed by atoms with Crippen LogP contribution in [0.15, 0.2) is 10.4 Å². The second-order valence-corrected chi connectivity index (χ2v) is 8.15. The first kappa shape index (κ1) is 23.6. The van der Waals surface area contributed by atoms with Crippen LogP contribution in [0.1, 0.15) is 31.4 Å². The lowest BCUT2D eigenvalue weighted by molar-refractivity contribution is 0.128. The number of hydrogen-bond donors (Lipinski definition) is 2. The molecule has 2 aliphatic heterocycles. The third-order valence-electron chi connectivity index (χ3n) is 5.35. The molecule has 0 aliphatic carbocycles. The van der Waals surface area contributed by atoms with Crippen molar-refractivity contribution < 1.29 is 4.74 Å². The summed E-state index contributed by atoms with van der Waals surface area (Å²) in [4.78, 5) is 14.1. The lowest BCUT2D eigenvalue weighted by Crippen LogP contribution is -2.49. The average molecular weight is 523 g/mol. The predicted molar refractivity (Wildman–Crippen MR) is 129 cm³/mol. The molecule has 0 amide bonds. The first-order chi connectivity index (χ1) is 13.3. The molecule has 0 atom stereocenters. The first-order valence-electron chi connectivity index (χ1n) is 10.2. The molecule has 1 aromatic rings. The molecule has 7 nitrogen and oxygen atoms in total. The molecule has 28 heavy (non-hydrogen) atoms. The standard InChI is InChI=1S/C19H34N6OS.HI/c1-20-18(22-16-6-11-24(12-7-16)13-14-26-2)21-8-5-17-15-27-19(23-17)25-9-3-4-10-25;/h15-16H,3-14H2,1-2H3,(H2,20,21,22);1H. The summed E-state index contributed by atoms with van der Waals surface area (Å²) in [6.07, 6.45) is 5.82. The molecule has 1 aromatic heterocycles. The van der Waals surface area contributed by atoms with E-state index >= 15 is 0 Å². The van der Waals surface area contributed by atoms with Crippen molar-refractivity contribution in [3.05, 3.63) is 11.1 Å². The Labute approximate surface area is 190 Å². The minimum Gasteiger partial charge on any atom is -0.383 e. The van der Waals surface area contributed by atoms with Gasteiger partial charge in [0, 0.05) is 71.3 Å². The minimum absolute atomic E-state index is 0. The van der Waals surface area contributed by atoms with Crippen molar-refractivity contribution in [2.45, 2.75) is 38.1 Å². The molecular formula is C19H35IN6OS. The summed E-state index contributed by atoms with van der Waals surface area (Å²) in [6.45, 7) is 7.26. The van der Waals surface area contributed by atoms with Crippen molar-refractivity contribution >= 4 is 46.4 Å². The van der Waals surface area contributed by atoms with Gasteiger partial charge >= 0.3 is 0 Å². The fourth-order valence-electron chi connectivity index (χ4n) is 3.68. The largest absolute Gasteiger partial charge is 0.383 e. The van der Waals surface area contributed by atoms with Gasteiger partial charge in [-0.2, -0.15) is 0 Å². The highest BCUT2D eigenvalue weighted by atomic mass is 127. The van der Waals surface area contributed by atoms with Gasteiger partial charge in [-0.1, -0.05) is 0 Å². The molecule has 0 spiro atoms. The lowest BCUT2D eigenvalue weighted by Gasteiger charge is -2.32. The van der Waals surface area contributed by atoms with Gasteiger partial charge in [-0.15, -0.1) is 35.3 Å². The third kappa shape index (κ3) is 7.31. The highest BCUT2D eigenvalue weighted by Gasteiger charge is 2.19. The number of methoxy groups -OCH3 is 1. The van der Waals surface area contributed by atoms with Crippen LogP contribution in [0, 0.1) is 0 Å². The second-order valence-electron chi connectivity index (χ2n) is 7.32. The molecule has 2 saturated heterocycles. The van der Waals surface area contributed by atoms with E-state index in [2.05, 4.69) is 30.8 Å². The molecule has 3 rings (SSSR count). The number of nitrogens with zero attached hydrogens (tertiary/aromatic N) is 4. The van der Waals surface area contributed by atoms with Crippen LogP contribution in [0.25, 0.3) is 0 Å². The molecule has 0 unspecified atom stereocenters. The van der Waals surface area contributed by atoms with E-state index in [0.29, 0.717) is 6.04 Å². The number of nitrogens with one attached hydrogen (secondary N) is 2. The van der Waals surface area contributed by atoms with E-state index in [1.807, 2.05) is 7.05 Å². The van der Waals surface area contributed by atoms with Gasteiger partial charge in [-0.3, -0.25) is 4.99 Å². The van der Waals surface area contributed by atoms with Gasteiger partial charge in [-0.05, 0) is 25.7 Å². The maximum Gasteiger partial charge on any atom is 0.191 e. The van der Waals surface area contributed by atoms with E-state index in [1.54, 1.807) is 18.4 Å². The van der Waals surface area contributed by atoms with Gasteiger partial charge < -0.3 is 25.2 Å². The summed E-state index contributed by atoms with van der Waals surface area (Å²) in [6, 6.07) is 0.496. The van der Waals surface area contributed by atoms with Crippen LogP contribution < -0.4 is 15.5 Å². The Morgan fingerprint density at radius 2 is 2.04 bits per heavy atom. The first-order valence-corrected chi connectivity index (χ1v) is 11.0. The van der Waals surface area contributed by atoms with Gasteiger partial charge in [0.25, 0.3) is 0 Å². The molecule has 0 aromatic carbocycles. The van der Waals surface area contributed by atoms with Crippen LogP contribution in [0.3, 0.4) is 0 Å². The summed E-state index contributed by atoms with van der Waals surface area (Å²) >= 11 is 1.77. The summed E-state index contributed by atoms with van der Waals surface area (Å²) in [5.74, 6) is 0.903. The molecule has 2 N–H and O–H groups in total. The average Bonchev–Trinajstić information content (AvgIpc) is 3.38. The number of ether oxygens (including phenoxy) is 1. The van der Waals surface area contributed by atoms with Crippen molar-refractivity contribution in [3.63, 3.8) is 0 Å². The SMILES string of the molecule is CN=C(NCCc1csc(N2CCCC2)n1)NC1CCN(CCOC)CC1.I. The molecule has 0 radical (unpaired) electrons. The number of aliphatic imine (C=N–C) groups is 1. The van der Waals surface area contributed by atoms with Gasteiger partial charge in [0.2, 0.25) is 0 Å². The molecule has 9 heteroatoms. The second kappa shape index (κ2) is 12.8. The number of hydrogen-bond acceptors (Lipinski definition) is 6. The van der Waals surface area contributed by atoms with Crippen molar-refractivity contribution in [1.82, 2.24) is 20.5 Å². The van der Waals surface area contributed by atoms with Crippen LogP contribution in [0.5, 0.6) is 0 Å². The highest BCUT2D eigenvalue weighted by molar-refractivity contribution is 14.0. The smallest absolute Gasteiger partial charge is 0.191 e. The number of anilines is 1. The van der Waals surface area contributed by atoms with Crippen LogP contribution in [-0.4, -0.2) is 81.9 Å². The highest BCUT2D eigenvalue weighted by Crippen LogP contribution is 2.24. The zero-order valence-electron chi connectivity index (χ0n) is 17.2. The molecule has 2 fully saturated rings. The van der Waals surface area contributed by atoms with E-state index in [0.717, 1.165) is 71.1 Å². The normalized spacial score (nSPS) is 18.9. The lowest BCUT2D eigenvalue weighted by atomic mass is 10.1. The maximum atomic E-state index is 5.17. The van der Waals surface area contributed by atoms with Crippen LogP contribution in [0.4, 0.5) is 5.13 Å². The van der Waals surface area contributed by atoms with Crippen molar-refractivity contribution in [1.29, 1.82) is 0 Å². The maximum absolute atomic E-state index is 5.17. The van der Waals surface area contributed by atoms with E-state index in [-0.39, 0.29) is 24.0 Å². The molecule has 3 heterocycles. The van der Waals surface area contributed by atoms with Crippen LogP contribution in [-0.2, 0) is 11.2 Å². The predicted octanol–water partition coefficient (Wildman–Crippen LogP) is 2.18. The number of aromatic nitrogens is 1. The van der Waals surface area contributed by atoms with Gasteiger partial charge in [0.1, 0.15) is 0 Å². The number of likely N-dealkylation sites (tertiary alicyclic amines) is 1. The van der Waals surface area contributed by atoms with Crippen molar-refractivity contribution in [3.8, 4) is 0 Å². The van der Waals surface area contributed by atoms with Crippen molar-refractivity contribution in [2.75, 3.05) is 64.9 Å². The Balaban J connectivity index is 0.00000280.